The Morgan fingerprint density at radius 1 is 1.31 bits per heavy atom. The number of aromatic hydroxyl groups is 1. The highest BCUT2D eigenvalue weighted by Crippen LogP contribution is 2.28. The summed E-state index contributed by atoms with van der Waals surface area (Å²) in [4.78, 5) is 0.109. The van der Waals surface area contributed by atoms with Crippen molar-refractivity contribution < 1.29 is 13.5 Å². The van der Waals surface area contributed by atoms with Gasteiger partial charge < -0.3 is 5.11 Å². The van der Waals surface area contributed by atoms with Crippen LogP contribution in [0.25, 0.3) is 0 Å². The first-order valence-electron chi connectivity index (χ1n) is 7.54. The minimum absolute atomic E-state index is 0.0264. The third-order valence-corrected chi connectivity index (χ3v) is 5.44. The number of halogens is 1. The SMILES string of the molecule is N#CCCN(/N=C/c1cc(Br)ccc1O)C1=NS(=O)(=O)c2ccccc21. The number of rotatable bonds is 4. The molecule has 0 unspecified atom stereocenters. The van der Waals surface area contributed by atoms with Crippen LogP contribution in [-0.4, -0.2) is 37.1 Å². The molecular formula is C17H13BrN4O3S. The van der Waals surface area contributed by atoms with Crippen molar-refractivity contribution >= 4 is 38.0 Å². The smallest absolute Gasteiger partial charge is 0.285 e. The molecule has 0 fully saturated rings. The Morgan fingerprint density at radius 3 is 2.85 bits per heavy atom. The standard InChI is InChI=1S/C17H13BrN4O3S/c18-13-6-7-15(23)12(10-13)11-20-22(9-3-8-19)17-14-4-1-2-5-16(14)26(24,25)21-17/h1-2,4-7,10-11,23H,3,9H2/b20-11+. The van der Waals surface area contributed by atoms with E-state index in [2.05, 4.69) is 25.4 Å². The Balaban J connectivity index is 2.01. The lowest BCUT2D eigenvalue weighted by atomic mass is 10.2. The van der Waals surface area contributed by atoms with E-state index >= 15 is 0 Å². The molecule has 26 heavy (non-hydrogen) atoms. The summed E-state index contributed by atoms with van der Waals surface area (Å²) >= 11 is 3.32. The number of nitriles is 1. The first-order chi connectivity index (χ1) is 12.4. The lowest BCUT2D eigenvalue weighted by molar-refractivity contribution is 0.456. The van der Waals surface area contributed by atoms with Crippen molar-refractivity contribution in [3.05, 3.63) is 58.1 Å². The number of nitrogens with zero attached hydrogens (tertiary/aromatic N) is 4. The first kappa shape index (κ1) is 18.1. The monoisotopic (exact) mass is 432 g/mol. The summed E-state index contributed by atoms with van der Waals surface area (Å²) in [7, 11) is -3.79. The van der Waals surface area contributed by atoms with Crippen LogP contribution in [0.1, 0.15) is 17.5 Å². The van der Waals surface area contributed by atoms with Gasteiger partial charge in [-0.3, -0.25) is 0 Å². The van der Waals surface area contributed by atoms with Gasteiger partial charge >= 0.3 is 0 Å². The molecule has 7 nitrogen and oxygen atoms in total. The number of hydrogen-bond donors (Lipinski definition) is 1. The fraction of sp³-hybridized carbons (Fsp3) is 0.118. The summed E-state index contributed by atoms with van der Waals surface area (Å²) in [6, 6.07) is 13.3. The molecule has 0 atom stereocenters. The molecule has 132 valence electrons. The fourth-order valence-electron chi connectivity index (χ4n) is 2.41. The van der Waals surface area contributed by atoms with Crippen molar-refractivity contribution in [1.29, 1.82) is 5.26 Å². The third-order valence-electron chi connectivity index (χ3n) is 3.62. The van der Waals surface area contributed by atoms with Gasteiger partial charge in [-0.1, -0.05) is 28.1 Å². The molecular weight excluding hydrogens is 420 g/mol. The maximum atomic E-state index is 12.2. The van der Waals surface area contributed by atoms with Gasteiger partial charge in [-0.15, -0.1) is 4.40 Å². The third kappa shape index (κ3) is 3.61. The highest BCUT2D eigenvalue weighted by Gasteiger charge is 2.31. The number of hydrogen-bond acceptors (Lipinski definition) is 6. The Bertz CT molecular complexity index is 1060. The topological polar surface area (TPSA) is 106 Å². The number of phenolic OH excluding ortho intramolecular Hbond substituents is 1. The van der Waals surface area contributed by atoms with Crippen LogP contribution in [0.5, 0.6) is 5.75 Å². The number of hydrazone groups is 1. The molecule has 2 aromatic rings. The predicted molar refractivity (Wildman–Crippen MR) is 101 cm³/mol. The maximum Gasteiger partial charge on any atom is 0.285 e. The van der Waals surface area contributed by atoms with E-state index in [4.69, 9.17) is 5.26 Å². The second kappa shape index (κ2) is 7.27. The van der Waals surface area contributed by atoms with Crippen LogP contribution in [0, 0.1) is 11.3 Å². The molecule has 1 aliphatic heterocycles. The Kier molecular flexibility index (Phi) is 5.06. The van der Waals surface area contributed by atoms with Gasteiger partial charge in [-0.2, -0.15) is 18.8 Å². The van der Waals surface area contributed by atoms with Crippen LogP contribution in [0.15, 0.2) is 61.3 Å². The normalized spacial score (nSPS) is 14.7. The van der Waals surface area contributed by atoms with Crippen molar-refractivity contribution in [2.75, 3.05) is 6.54 Å². The van der Waals surface area contributed by atoms with E-state index in [0.29, 0.717) is 11.1 Å². The molecule has 3 rings (SSSR count). The summed E-state index contributed by atoms with van der Waals surface area (Å²) < 4.78 is 29.0. The second-order valence-corrected chi connectivity index (χ2v) is 7.85. The van der Waals surface area contributed by atoms with Gasteiger partial charge in [0.1, 0.15) is 10.6 Å². The van der Waals surface area contributed by atoms with E-state index in [0.717, 1.165) is 4.47 Å². The zero-order valence-electron chi connectivity index (χ0n) is 13.4. The zero-order chi connectivity index (χ0) is 18.7. The van der Waals surface area contributed by atoms with E-state index in [1.807, 2.05) is 6.07 Å². The van der Waals surface area contributed by atoms with Gasteiger partial charge in [0, 0.05) is 15.6 Å². The van der Waals surface area contributed by atoms with Gasteiger partial charge in [0.2, 0.25) is 0 Å². The average Bonchev–Trinajstić information content (AvgIpc) is 2.89. The summed E-state index contributed by atoms with van der Waals surface area (Å²) in [5.74, 6) is 0.181. The van der Waals surface area contributed by atoms with Gasteiger partial charge in [0.05, 0.1) is 25.2 Å². The molecule has 0 aromatic heterocycles. The van der Waals surface area contributed by atoms with Crippen molar-refractivity contribution in [2.45, 2.75) is 11.3 Å². The lowest BCUT2D eigenvalue weighted by Crippen LogP contribution is -2.27. The van der Waals surface area contributed by atoms with E-state index in [1.165, 1.54) is 23.4 Å². The molecule has 0 amide bonds. The molecule has 1 heterocycles. The number of amidine groups is 1. The number of sulfonamides is 1. The minimum atomic E-state index is -3.79. The van der Waals surface area contributed by atoms with E-state index < -0.39 is 10.0 Å². The zero-order valence-corrected chi connectivity index (χ0v) is 15.8. The lowest BCUT2D eigenvalue weighted by Gasteiger charge is -2.17. The number of phenols is 1. The van der Waals surface area contributed by atoms with Crippen LogP contribution in [-0.2, 0) is 10.0 Å². The molecule has 0 aliphatic carbocycles. The molecule has 0 radical (unpaired) electrons. The summed E-state index contributed by atoms with van der Waals surface area (Å²) in [6.07, 6.45) is 1.52. The van der Waals surface area contributed by atoms with Crippen molar-refractivity contribution in [1.82, 2.24) is 5.01 Å². The Morgan fingerprint density at radius 2 is 2.08 bits per heavy atom. The summed E-state index contributed by atoms with van der Waals surface area (Å²) in [5, 5.41) is 24.4. The molecule has 1 N–H and O–H groups in total. The quantitative estimate of drug-likeness (QED) is 0.590. The molecule has 2 aromatic carbocycles. The molecule has 1 aliphatic rings. The van der Waals surface area contributed by atoms with E-state index in [-0.39, 0.29) is 29.4 Å². The highest BCUT2D eigenvalue weighted by molar-refractivity contribution is 9.10. The number of benzene rings is 2. The van der Waals surface area contributed by atoms with E-state index in [1.54, 1.807) is 30.3 Å². The number of fused-ring (bicyclic) bond motifs is 1. The molecule has 9 heteroatoms. The van der Waals surface area contributed by atoms with Gasteiger partial charge in [-0.05, 0) is 30.3 Å². The van der Waals surface area contributed by atoms with Crippen LogP contribution >= 0.6 is 15.9 Å². The van der Waals surface area contributed by atoms with Crippen LogP contribution in [0.2, 0.25) is 0 Å². The summed E-state index contributed by atoms with van der Waals surface area (Å²) in [6.45, 7) is 0.157. The van der Waals surface area contributed by atoms with Crippen molar-refractivity contribution in [3.8, 4) is 11.8 Å². The molecule has 0 spiro atoms. The first-order valence-corrected chi connectivity index (χ1v) is 9.77. The fourth-order valence-corrected chi connectivity index (χ4v) is 3.99. The highest BCUT2D eigenvalue weighted by atomic mass is 79.9. The molecule has 0 saturated heterocycles. The molecule has 0 bridgehead atoms. The van der Waals surface area contributed by atoms with Crippen molar-refractivity contribution in [3.63, 3.8) is 0 Å². The Hall–Kier alpha value is -2.70. The van der Waals surface area contributed by atoms with E-state index in [9.17, 15) is 13.5 Å². The minimum Gasteiger partial charge on any atom is -0.507 e. The Labute approximate surface area is 159 Å². The maximum absolute atomic E-state index is 12.2. The average molecular weight is 433 g/mol. The van der Waals surface area contributed by atoms with Crippen molar-refractivity contribution in [2.24, 2.45) is 9.50 Å². The van der Waals surface area contributed by atoms with Crippen LogP contribution < -0.4 is 0 Å². The van der Waals surface area contributed by atoms with Gasteiger partial charge in [0.15, 0.2) is 5.84 Å². The van der Waals surface area contributed by atoms with Crippen LogP contribution in [0.4, 0.5) is 0 Å². The van der Waals surface area contributed by atoms with Gasteiger partial charge in [0.25, 0.3) is 10.0 Å². The largest absolute Gasteiger partial charge is 0.507 e. The van der Waals surface area contributed by atoms with Gasteiger partial charge in [-0.25, -0.2) is 5.01 Å². The van der Waals surface area contributed by atoms with Crippen LogP contribution in [0.3, 0.4) is 0 Å². The predicted octanol–water partition coefficient (Wildman–Crippen LogP) is 2.85. The second-order valence-electron chi connectivity index (χ2n) is 5.37. The summed E-state index contributed by atoms with van der Waals surface area (Å²) in [5.41, 5.74) is 0.872. The molecule has 0 saturated carbocycles.